The van der Waals surface area contributed by atoms with Crippen molar-refractivity contribution in [3.05, 3.63) is 266 Å². The van der Waals surface area contributed by atoms with Crippen molar-refractivity contribution in [1.29, 1.82) is 0 Å². The van der Waals surface area contributed by atoms with Crippen LogP contribution in [0, 0.1) is 6.92 Å². The molecule has 0 spiro atoms. The Kier molecular flexibility index (Phi) is 9.17. The number of rotatable bonds is 6. The first-order valence-corrected chi connectivity index (χ1v) is 26.3. The molecule has 0 fully saturated rings. The molecule has 14 rings (SSSR count). The molecule has 1 aliphatic carbocycles. The molecule has 0 N–H and O–H groups in total. The van der Waals surface area contributed by atoms with E-state index in [9.17, 15) is 0 Å². The van der Waals surface area contributed by atoms with Gasteiger partial charge in [-0.3, -0.25) is 0 Å². The van der Waals surface area contributed by atoms with Gasteiger partial charge in [0.2, 0.25) is 0 Å². The molecule has 11 aromatic carbocycles. The average Bonchev–Trinajstić information content (AvgIpc) is 3.94. The van der Waals surface area contributed by atoms with Crippen LogP contribution in [0.1, 0.15) is 5.56 Å². The Hall–Kier alpha value is -8.76. The molecule has 0 atom stereocenters. The number of aromatic nitrogens is 2. The van der Waals surface area contributed by atoms with Crippen LogP contribution in [0.25, 0.3) is 99.5 Å². The van der Waals surface area contributed by atoms with Crippen LogP contribution >= 0.6 is 0 Å². The van der Waals surface area contributed by atoms with Crippen molar-refractivity contribution in [2.75, 3.05) is 0 Å². The lowest BCUT2D eigenvalue weighted by atomic mass is 9.81. The van der Waals surface area contributed by atoms with Gasteiger partial charge in [-0.05, 0) is 115 Å². The number of para-hydroxylation sites is 3. The highest BCUT2D eigenvalue weighted by molar-refractivity contribution is 7.20. The number of aryl methyl sites for hydroxylation is 1. The molecule has 2 aromatic heterocycles. The molecule has 2 heterocycles. The molecule has 0 aliphatic heterocycles. The van der Waals surface area contributed by atoms with Gasteiger partial charge in [0.1, 0.15) is 0 Å². The van der Waals surface area contributed by atoms with Crippen LogP contribution < -0.4 is 20.7 Å². The van der Waals surface area contributed by atoms with E-state index < -0.39 is 8.07 Å². The van der Waals surface area contributed by atoms with E-state index in [2.05, 4.69) is 277 Å². The highest BCUT2D eigenvalue weighted by Gasteiger charge is 2.42. The fourth-order valence-corrected chi connectivity index (χ4v) is 16.9. The van der Waals surface area contributed by atoms with Gasteiger partial charge in [-0.15, -0.1) is 0 Å². The molecule has 0 unspecified atom stereocenters. The van der Waals surface area contributed by atoms with E-state index in [0.29, 0.717) is 0 Å². The molecule has 0 amide bonds. The lowest BCUT2D eigenvalue weighted by Crippen LogP contribution is -2.74. The van der Waals surface area contributed by atoms with Crippen LogP contribution in [-0.2, 0) is 0 Å². The quantitative estimate of drug-likeness (QED) is 0.116. The Bertz CT molecular complexity index is 4150. The Balaban J connectivity index is 1.07. The minimum absolute atomic E-state index is 1.14. The van der Waals surface area contributed by atoms with Crippen LogP contribution in [0.5, 0.6) is 0 Å². The van der Waals surface area contributed by atoms with Crippen molar-refractivity contribution in [3.8, 4) is 55.9 Å². The molecular formula is C67H46N2Si. The van der Waals surface area contributed by atoms with E-state index >= 15 is 0 Å². The van der Waals surface area contributed by atoms with Gasteiger partial charge in [0.25, 0.3) is 0 Å². The first-order chi connectivity index (χ1) is 34.7. The molecule has 0 saturated carbocycles. The summed E-state index contributed by atoms with van der Waals surface area (Å²) in [4.78, 5) is 0. The predicted molar refractivity (Wildman–Crippen MR) is 299 cm³/mol. The minimum Gasteiger partial charge on any atom is -0.307 e. The van der Waals surface area contributed by atoms with Gasteiger partial charge >= 0.3 is 0 Å². The van der Waals surface area contributed by atoms with Crippen LogP contribution in [0.4, 0.5) is 0 Å². The van der Waals surface area contributed by atoms with Crippen LogP contribution in [0.3, 0.4) is 0 Å². The van der Waals surface area contributed by atoms with Crippen molar-refractivity contribution in [3.63, 3.8) is 0 Å². The Morgan fingerprint density at radius 1 is 0.271 bits per heavy atom. The minimum atomic E-state index is -3.11. The maximum absolute atomic E-state index is 3.11. The molecule has 0 saturated heterocycles. The molecule has 328 valence electrons. The van der Waals surface area contributed by atoms with Gasteiger partial charge in [0.05, 0.1) is 27.8 Å². The second-order valence-electron chi connectivity index (χ2n) is 18.8. The second kappa shape index (κ2) is 15.9. The standard InChI is InChI=1S/C67H46N2Si/c1-45-38-41-65-62(42-45)59-33-15-17-36-64(59)69(65)66-37-19-34-60-58-32-14-16-35-63(58)68(67(60)66)46-20-18-25-49(43-46)70(47-21-4-2-5-22-47,48-23-6-3-7-24-48)50-39-40-57-55-30-11-10-28-53(55)51-26-8-9-27-52(51)54-29-12-13-31-56(54)61(57)44-50/h2-44H,1H3. The largest absolute Gasteiger partial charge is 0.307 e. The summed E-state index contributed by atoms with van der Waals surface area (Å²) in [7, 11) is -3.11. The topological polar surface area (TPSA) is 9.86 Å². The summed E-state index contributed by atoms with van der Waals surface area (Å²) in [6, 6.07) is 98.2. The summed E-state index contributed by atoms with van der Waals surface area (Å²) >= 11 is 0. The molecule has 70 heavy (non-hydrogen) atoms. The molecule has 13 aromatic rings. The van der Waals surface area contributed by atoms with E-state index in [-0.39, 0.29) is 0 Å². The number of benzene rings is 11. The third-order valence-electron chi connectivity index (χ3n) is 15.1. The molecule has 3 heteroatoms. The predicted octanol–water partition coefficient (Wildman–Crippen LogP) is 14.5. The zero-order chi connectivity index (χ0) is 46.3. The van der Waals surface area contributed by atoms with Crippen molar-refractivity contribution in [2.45, 2.75) is 6.92 Å². The van der Waals surface area contributed by atoms with Crippen LogP contribution in [-0.4, -0.2) is 17.2 Å². The molecule has 0 bridgehead atoms. The third-order valence-corrected chi connectivity index (χ3v) is 19.8. The number of fused-ring (bicyclic) bond motifs is 14. The lowest BCUT2D eigenvalue weighted by molar-refractivity contribution is 1.13. The molecule has 0 radical (unpaired) electrons. The molecule has 1 aliphatic rings. The van der Waals surface area contributed by atoms with Crippen molar-refractivity contribution >= 4 is 72.4 Å². The Morgan fingerprint density at radius 2 is 0.714 bits per heavy atom. The van der Waals surface area contributed by atoms with Gasteiger partial charge in [-0.1, -0.05) is 224 Å². The SMILES string of the molecule is Cc1ccc2c(c1)c1ccccc1n2-c1cccc2c3ccccc3n(-c3cccc([Si](c4ccccc4)(c4ccccc4)c4ccc5c(c4)-c4ccccc4-c4ccccc4-c4ccccc4-5)c3)c12. The zero-order valence-corrected chi connectivity index (χ0v) is 39.7. The van der Waals surface area contributed by atoms with Crippen LogP contribution in [0.2, 0.25) is 0 Å². The molecule has 2 nitrogen and oxygen atoms in total. The first-order valence-electron chi connectivity index (χ1n) is 24.3. The monoisotopic (exact) mass is 906 g/mol. The highest BCUT2D eigenvalue weighted by atomic mass is 28.3. The smallest absolute Gasteiger partial charge is 0.179 e. The van der Waals surface area contributed by atoms with Crippen LogP contribution in [0.15, 0.2) is 261 Å². The van der Waals surface area contributed by atoms with Crippen molar-refractivity contribution < 1.29 is 0 Å². The van der Waals surface area contributed by atoms with E-state index in [1.54, 1.807) is 0 Å². The van der Waals surface area contributed by atoms with E-state index in [1.807, 2.05) is 0 Å². The first kappa shape index (κ1) is 40.3. The number of hydrogen-bond acceptors (Lipinski definition) is 0. The summed E-state index contributed by atoms with van der Waals surface area (Å²) in [5.41, 5.74) is 18.3. The lowest BCUT2D eigenvalue weighted by Gasteiger charge is -2.35. The fraction of sp³-hybridized carbons (Fsp3) is 0.0149. The summed E-state index contributed by atoms with van der Waals surface area (Å²) in [5, 5.41) is 10.3. The van der Waals surface area contributed by atoms with Gasteiger partial charge in [-0.25, -0.2) is 0 Å². The zero-order valence-electron chi connectivity index (χ0n) is 38.7. The summed E-state index contributed by atoms with van der Waals surface area (Å²) in [6.07, 6.45) is 0. The van der Waals surface area contributed by atoms with E-state index in [0.717, 1.165) is 11.4 Å². The molecular weight excluding hydrogens is 861 g/mol. The summed E-state index contributed by atoms with van der Waals surface area (Å²) in [6.45, 7) is 2.19. The number of hydrogen-bond donors (Lipinski definition) is 0. The Morgan fingerprint density at radius 3 is 1.33 bits per heavy atom. The maximum Gasteiger partial charge on any atom is 0.179 e. The van der Waals surface area contributed by atoms with Gasteiger partial charge < -0.3 is 9.13 Å². The van der Waals surface area contributed by atoms with Gasteiger partial charge in [0.15, 0.2) is 8.07 Å². The van der Waals surface area contributed by atoms with Gasteiger partial charge in [-0.2, -0.15) is 0 Å². The van der Waals surface area contributed by atoms with Gasteiger partial charge in [0, 0.05) is 27.2 Å². The fourth-order valence-electron chi connectivity index (χ4n) is 12.1. The average molecular weight is 907 g/mol. The van der Waals surface area contributed by atoms with E-state index in [4.69, 9.17) is 0 Å². The Labute approximate surface area is 408 Å². The second-order valence-corrected chi connectivity index (χ2v) is 22.6. The van der Waals surface area contributed by atoms with E-state index in [1.165, 1.54) is 114 Å². The summed E-state index contributed by atoms with van der Waals surface area (Å²) in [5.74, 6) is 0. The van der Waals surface area contributed by atoms with Crippen molar-refractivity contribution in [1.82, 2.24) is 9.13 Å². The normalized spacial score (nSPS) is 12.1. The van der Waals surface area contributed by atoms with Crippen molar-refractivity contribution in [2.24, 2.45) is 0 Å². The maximum atomic E-state index is 2.57. The highest BCUT2D eigenvalue weighted by Crippen LogP contribution is 2.47. The summed E-state index contributed by atoms with van der Waals surface area (Å²) < 4.78 is 5.03. The number of nitrogens with zero attached hydrogens (tertiary/aromatic N) is 2. The third kappa shape index (κ3) is 5.92.